The number of hydrogen-bond donors (Lipinski definition) is 0. The SMILES string of the molecule is COCCn1c(=NC(=O)C2c3ccccc3Oc3ccccc32)sc2cc([N+](=O)[O-])ccc21. The third kappa shape index (κ3) is 3.81. The van der Waals surface area contributed by atoms with Crippen molar-refractivity contribution in [2.75, 3.05) is 13.7 Å². The molecule has 1 aliphatic rings. The third-order valence-corrected chi connectivity index (χ3v) is 6.57. The molecule has 9 heteroatoms. The van der Waals surface area contributed by atoms with Crippen LogP contribution in [0.1, 0.15) is 17.0 Å². The van der Waals surface area contributed by atoms with E-state index in [0.717, 1.165) is 16.6 Å². The Kier molecular flexibility index (Phi) is 5.49. The van der Waals surface area contributed by atoms with Crippen LogP contribution in [0, 0.1) is 10.1 Å². The number of ether oxygens (including phenoxy) is 2. The Morgan fingerprint density at radius 3 is 2.42 bits per heavy atom. The number of carbonyl (C=O) groups is 1. The minimum absolute atomic E-state index is 0.00666. The Balaban J connectivity index is 1.66. The van der Waals surface area contributed by atoms with Crippen LogP contribution in [0.2, 0.25) is 0 Å². The number of methoxy groups -OCH3 is 1. The topological polar surface area (TPSA) is 96.0 Å². The van der Waals surface area contributed by atoms with Crippen molar-refractivity contribution in [1.82, 2.24) is 4.57 Å². The van der Waals surface area contributed by atoms with Gasteiger partial charge in [0, 0.05) is 36.9 Å². The van der Waals surface area contributed by atoms with Crippen molar-refractivity contribution < 1.29 is 19.2 Å². The van der Waals surface area contributed by atoms with Crippen molar-refractivity contribution in [2.45, 2.75) is 12.5 Å². The highest BCUT2D eigenvalue weighted by atomic mass is 32.1. The van der Waals surface area contributed by atoms with Crippen LogP contribution in [0.4, 0.5) is 5.69 Å². The first-order valence-corrected chi connectivity index (χ1v) is 11.1. The maximum Gasteiger partial charge on any atom is 0.270 e. The van der Waals surface area contributed by atoms with E-state index in [0.29, 0.717) is 34.2 Å². The molecule has 0 radical (unpaired) electrons. The molecule has 0 bridgehead atoms. The summed E-state index contributed by atoms with van der Waals surface area (Å²) in [6.07, 6.45) is 0. The number of thiazole rings is 1. The Labute approximate surface area is 192 Å². The first-order valence-electron chi connectivity index (χ1n) is 10.3. The van der Waals surface area contributed by atoms with Crippen molar-refractivity contribution in [1.29, 1.82) is 0 Å². The molecule has 0 saturated carbocycles. The number of amides is 1. The zero-order valence-electron chi connectivity index (χ0n) is 17.6. The van der Waals surface area contributed by atoms with Gasteiger partial charge in [-0.15, -0.1) is 0 Å². The minimum atomic E-state index is -0.610. The van der Waals surface area contributed by atoms with E-state index >= 15 is 0 Å². The fourth-order valence-electron chi connectivity index (χ4n) is 3.99. The van der Waals surface area contributed by atoms with E-state index < -0.39 is 10.8 Å². The number of fused-ring (bicyclic) bond motifs is 3. The number of carbonyl (C=O) groups excluding carboxylic acids is 1. The number of para-hydroxylation sites is 2. The molecule has 0 unspecified atom stereocenters. The molecule has 0 N–H and O–H groups in total. The van der Waals surface area contributed by atoms with Crippen LogP contribution in [-0.4, -0.2) is 29.1 Å². The highest BCUT2D eigenvalue weighted by Crippen LogP contribution is 2.44. The highest BCUT2D eigenvalue weighted by Gasteiger charge is 2.32. The predicted molar refractivity (Wildman–Crippen MR) is 124 cm³/mol. The van der Waals surface area contributed by atoms with Gasteiger partial charge in [0.2, 0.25) is 0 Å². The summed E-state index contributed by atoms with van der Waals surface area (Å²) in [5, 5.41) is 11.2. The van der Waals surface area contributed by atoms with Crippen molar-refractivity contribution in [3.8, 4) is 11.5 Å². The first kappa shape index (κ1) is 21.0. The van der Waals surface area contributed by atoms with Crippen LogP contribution in [0.5, 0.6) is 11.5 Å². The molecule has 1 amide bonds. The van der Waals surface area contributed by atoms with Crippen molar-refractivity contribution in [3.63, 3.8) is 0 Å². The molecule has 8 nitrogen and oxygen atoms in total. The lowest BCUT2D eigenvalue weighted by atomic mass is 9.87. The number of benzene rings is 3. The molecule has 2 heterocycles. The van der Waals surface area contributed by atoms with Gasteiger partial charge in [-0.2, -0.15) is 4.99 Å². The van der Waals surface area contributed by atoms with Gasteiger partial charge in [0.25, 0.3) is 11.6 Å². The van der Waals surface area contributed by atoms with Gasteiger partial charge < -0.3 is 14.0 Å². The summed E-state index contributed by atoms with van der Waals surface area (Å²) >= 11 is 1.25. The second-order valence-corrected chi connectivity index (χ2v) is 8.51. The second-order valence-electron chi connectivity index (χ2n) is 7.50. The quantitative estimate of drug-likeness (QED) is 0.319. The van der Waals surface area contributed by atoms with E-state index in [9.17, 15) is 14.9 Å². The lowest BCUT2D eigenvalue weighted by Gasteiger charge is -2.25. The Hall–Kier alpha value is -3.82. The molecule has 0 atom stereocenters. The summed E-state index contributed by atoms with van der Waals surface area (Å²) in [6.45, 7) is 0.870. The molecule has 1 aromatic heterocycles. The molecule has 5 rings (SSSR count). The molecular formula is C24H19N3O5S. The average Bonchev–Trinajstić information content (AvgIpc) is 3.16. The Morgan fingerprint density at radius 2 is 1.79 bits per heavy atom. The minimum Gasteiger partial charge on any atom is -0.457 e. The van der Waals surface area contributed by atoms with E-state index in [1.807, 2.05) is 53.1 Å². The maximum atomic E-state index is 13.6. The van der Waals surface area contributed by atoms with Crippen LogP contribution in [0.15, 0.2) is 71.7 Å². The summed E-state index contributed by atoms with van der Waals surface area (Å²) in [5.74, 6) is 0.319. The van der Waals surface area contributed by atoms with E-state index in [-0.39, 0.29) is 11.6 Å². The summed E-state index contributed by atoms with van der Waals surface area (Å²) < 4.78 is 13.8. The van der Waals surface area contributed by atoms with Crippen LogP contribution < -0.4 is 9.54 Å². The van der Waals surface area contributed by atoms with Crippen LogP contribution >= 0.6 is 11.3 Å². The fraction of sp³-hybridized carbons (Fsp3) is 0.167. The third-order valence-electron chi connectivity index (χ3n) is 5.53. The number of non-ortho nitro benzene ring substituents is 1. The van der Waals surface area contributed by atoms with Gasteiger partial charge in [-0.25, -0.2) is 0 Å². The normalized spacial score (nSPS) is 13.4. The highest BCUT2D eigenvalue weighted by molar-refractivity contribution is 7.16. The molecular weight excluding hydrogens is 442 g/mol. The zero-order valence-corrected chi connectivity index (χ0v) is 18.5. The summed E-state index contributed by atoms with van der Waals surface area (Å²) in [5.41, 5.74) is 2.27. The van der Waals surface area contributed by atoms with E-state index in [4.69, 9.17) is 9.47 Å². The summed E-state index contributed by atoms with van der Waals surface area (Å²) in [4.78, 5) is 29.4. The lowest BCUT2D eigenvalue weighted by molar-refractivity contribution is -0.384. The van der Waals surface area contributed by atoms with Gasteiger partial charge in [0.15, 0.2) is 4.80 Å². The largest absolute Gasteiger partial charge is 0.457 e. The molecule has 0 fully saturated rings. The molecule has 1 aliphatic heterocycles. The molecule has 0 spiro atoms. The van der Waals surface area contributed by atoms with Gasteiger partial charge >= 0.3 is 0 Å². The van der Waals surface area contributed by atoms with Gasteiger partial charge in [-0.3, -0.25) is 14.9 Å². The number of nitro benzene ring substituents is 1. The monoisotopic (exact) mass is 461 g/mol. The molecule has 4 aromatic rings. The number of nitrogens with zero attached hydrogens (tertiary/aromatic N) is 3. The smallest absolute Gasteiger partial charge is 0.270 e. The predicted octanol–water partition coefficient (Wildman–Crippen LogP) is 4.62. The maximum absolute atomic E-state index is 13.6. The summed E-state index contributed by atoms with van der Waals surface area (Å²) in [7, 11) is 1.60. The number of aromatic nitrogens is 1. The van der Waals surface area contributed by atoms with Crippen molar-refractivity contribution >= 4 is 33.1 Å². The molecule has 0 saturated heterocycles. The van der Waals surface area contributed by atoms with Crippen LogP contribution in [0.3, 0.4) is 0 Å². The Bertz CT molecular complexity index is 1410. The fourth-order valence-corrected chi connectivity index (χ4v) is 5.09. The molecule has 3 aromatic carbocycles. The average molecular weight is 461 g/mol. The lowest BCUT2D eigenvalue weighted by Crippen LogP contribution is -2.23. The summed E-state index contributed by atoms with van der Waals surface area (Å²) in [6, 6.07) is 19.5. The van der Waals surface area contributed by atoms with Crippen molar-refractivity contribution in [2.24, 2.45) is 4.99 Å². The first-order chi connectivity index (χ1) is 16.1. The molecule has 33 heavy (non-hydrogen) atoms. The van der Waals surface area contributed by atoms with E-state index in [1.165, 1.54) is 23.5 Å². The number of rotatable bonds is 5. The zero-order chi connectivity index (χ0) is 22.9. The van der Waals surface area contributed by atoms with Gasteiger partial charge in [0.05, 0.1) is 27.7 Å². The number of hydrogen-bond acceptors (Lipinski definition) is 6. The molecule has 0 aliphatic carbocycles. The second kappa shape index (κ2) is 8.61. The number of nitro groups is 1. The molecule has 166 valence electrons. The van der Waals surface area contributed by atoms with Crippen LogP contribution in [0.25, 0.3) is 10.2 Å². The van der Waals surface area contributed by atoms with Crippen LogP contribution in [-0.2, 0) is 16.1 Å². The standard InChI is InChI=1S/C24H19N3O5S/c1-31-13-12-26-18-11-10-15(27(29)30)14-21(18)33-24(26)25-23(28)22-16-6-2-4-8-19(16)32-20-9-5-3-7-17(20)22/h2-11,14,22H,12-13H2,1H3. The van der Waals surface area contributed by atoms with Gasteiger partial charge in [0.1, 0.15) is 11.5 Å². The Morgan fingerprint density at radius 1 is 1.12 bits per heavy atom. The van der Waals surface area contributed by atoms with Gasteiger partial charge in [-0.1, -0.05) is 47.7 Å². The van der Waals surface area contributed by atoms with E-state index in [2.05, 4.69) is 4.99 Å². The van der Waals surface area contributed by atoms with E-state index in [1.54, 1.807) is 13.2 Å². The van der Waals surface area contributed by atoms with Gasteiger partial charge in [-0.05, 0) is 18.2 Å². The van der Waals surface area contributed by atoms with Crippen molar-refractivity contribution in [3.05, 3.63) is 92.8 Å².